The van der Waals surface area contributed by atoms with Crippen LogP contribution in [0.5, 0.6) is 0 Å². The number of nitrogen functional groups attached to an aromatic ring is 1. The third-order valence-electron chi connectivity index (χ3n) is 2.70. The van der Waals surface area contributed by atoms with E-state index in [1.54, 1.807) is 18.3 Å². The Hall–Kier alpha value is -2.37. The van der Waals surface area contributed by atoms with Crippen molar-refractivity contribution in [1.82, 2.24) is 20.2 Å². The lowest BCUT2D eigenvalue weighted by Crippen LogP contribution is -1.87. The zero-order chi connectivity index (χ0) is 12.0. The van der Waals surface area contributed by atoms with Gasteiger partial charge in [0.25, 0.3) is 0 Å². The highest BCUT2D eigenvalue weighted by Crippen LogP contribution is 2.28. The lowest BCUT2D eigenvalue weighted by atomic mass is 10.1. The van der Waals surface area contributed by atoms with Gasteiger partial charge in [0, 0.05) is 10.9 Å². The number of hydrogen-bond donors (Lipinski definition) is 3. The molecule has 0 amide bonds. The normalized spacial score (nSPS) is 11.2. The fourth-order valence-corrected chi connectivity index (χ4v) is 1.84. The van der Waals surface area contributed by atoms with Crippen molar-refractivity contribution in [2.75, 3.05) is 5.73 Å². The van der Waals surface area contributed by atoms with E-state index in [9.17, 15) is 4.39 Å². The molecule has 0 saturated carbocycles. The lowest BCUT2D eigenvalue weighted by Gasteiger charge is -2.01. The summed E-state index contributed by atoms with van der Waals surface area (Å²) in [6.07, 6.45) is 1.60. The zero-order valence-electron chi connectivity index (χ0n) is 9.08. The number of anilines is 1. The van der Waals surface area contributed by atoms with Crippen LogP contribution in [0.3, 0.4) is 0 Å². The van der Waals surface area contributed by atoms with Gasteiger partial charge in [-0.1, -0.05) is 0 Å². The van der Waals surface area contributed by atoms with Gasteiger partial charge < -0.3 is 10.7 Å². The number of benzene rings is 1. The first-order valence-corrected chi connectivity index (χ1v) is 5.11. The second-order valence-electron chi connectivity index (χ2n) is 3.84. The number of rotatable bonds is 1. The molecule has 2 aromatic heterocycles. The minimum atomic E-state index is -0.379. The van der Waals surface area contributed by atoms with Crippen molar-refractivity contribution in [1.29, 1.82) is 0 Å². The maximum absolute atomic E-state index is 14.2. The maximum Gasteiger partial charge on any atom is 0.158 e. The molecule has 0 aliphatic carbocycles. The van der Waals surface area contributed by atoms with E-state index in [0.717, 1.165) is 5.82 Å². The van der Waals surface area contributed by atoms with Crippen LogP contribution in [0.15, 0.2) is 18.3 Å². The summed E-state index contributed by atoms with van der Waals surface area (Å²) in [7, 11) is 0. The van der Waals surface area contributed by atoms with Gasteiger partial charge in [-0.05, 0) is 19.1 Å². The van der Waals surface area contributed by atoms with E-state index in [0.29, 0.717) is 28.0 Å². The third-order valence-corrected chi connectivity index (χ3v) is 2.70. The van der Waals surface area contributed by atoms with Crippen LogP contribution in [0.2, 0.25) is 0 Å². The van der Waals surface area contributed by atoms with E-state index in [1.807, 2.05) is 6.92 Å². The van der Waals surface area contributed by atoms with Crippen LogP contribution in [0.25, 0.3) is 22.2 Å². The van der Waals surface area contributed by atoms with Gasteiger partial charge in [-0.25, -0.2) is 9.37 Å². The molecule has 0 bridgehead atoms. The van der Waals surface area contributed by atoms with Gasteiger partial charge >= 0.3 is 0 Å². The van der Waals surface area contributed by atoms with Crippen LogP contribution in [-0.4, -0.2) is 20.2 Å². The predicted molar refractivity (Wildman–Crippen MR) is 62.8 cm³/mol. The highest BCUT2D eigenvalue weighted by atomic mass is 19.1. The smallest absolute Gasteiger partial charge is 0.158 e. The molecular weight excluding hydrogens is 221 g/mol. The summed E-state index contributed by atoms with van der Waals surface area (Å²) in [6, 6.07) is 3.40. The summed E-state index contributed by atoms with van der Waals surface area (Å²) in [5.41, 5.74) is 7.00. The Morgan fingerprint density at radius 3 is 2.88 bits per heavy atom. The molecule has 0 atom stereocenters. The Kier molecular flexibility index (Phi) is 1.91. The molecule has 0 unspecified atom stereocenters. The van der Waals surface area contributed by atoms with E-state index >= 15 is 0 Å². The Labute approximate surface area is 95.9 Å². The average molecular weight is 231 g/mol. The number of nitrogens with zero attached hydrogens (tertiary/aromatic N) is 2. The highest BCUT2D eigenvalue weighted by Gasteiger charge is 2.14. The molecular formula is C11H10FN5. The molecule has 3 rings (SSSR count). The minimum Gasteiger partial charge on any atom is -0.382 e. The predicted octanol–water partition coefficient (Wildman–Crippen LogP) is 1.98. The number of aromatic nitrogens is 4. The summed E-state index contributed by atoms with van der Waals surface area (Å²) >= 11 is 0. The number of aryl methyl sites for hydroxylation is 1. The van der Waals surface area contributed by atoms with Crippen molar-refractivity contribution in [2.24, 2.45) is 0 Å². The van der Waals surface area contributed by atoms with Gasteiger partial charge in [-0.3, -0.25) is 5.10 Å². The SMILES string of the molecule is Cc1ncc(-c2ccc3c(N)n[nH]c3c2F)[nH]1. The number of fused-ring (bicyclic) bond motifs is 1. The van der Waals surface area contributed by atoms with Crippen LogP contribution in [0, 0.1) is 12.7 Å². The van der Waals surface area contributed by atoms with Gasteiger partial charge in [0.1, 0.15) is 11.3 Å². The van der Waals surface area contributed by atoms with Gasteiger partial charge in [-0.15, -0.1) is 0 Å². The number of hydrogen-bond acceptors (Lipinski definition) is 3. The largest absolute Gasteiger partial charge is 0.382 e. The Morgan fingerprint density at radius 1 is 1.35 bits per heavy atom. The number of nitrogens with one attached hydrogen (secondary N) is 2. The van der Waals surface area contributed by atoms with Crippen molar-refractivity contribution >= 4 is 16.7 Å². The molecule has 0 radical (unpaired) electrons. The molecule has 3 aromatic rings. The lowest BCUT2D eigenvalue weighted by molar-refractivity contribution is 0.639. The summed E-state index contributed by atoms with van der Waals surface area (Å²) in [5.74, 6) is 0.658. The highest BCUT2D eigenvalue weighted by molar-refractivity contribution is 5.92. The molecule has 86 valence electrons. The molecule has 5 nitrogen and oxygen atoms in total. The van der Waals surface area contributed by atoms with Gasteiger partial charge in [-0.2, -0.15) is 5.10 Å². The monoisotopic (exact) mass is 231 g/mol. The van der Waals surface area contributed by atoms with Crippen LogP contribution < -0.4 is 5.73 Å². The van der Waals surface area contributed by atoms with E-state index in [4.69, 9.17) is 5.73 Å². The van der Waals surface area contributed by atoms with Crippen molar-refractivity contribution in [3.05, 3.63) is 30.0 Å². The first-order chi connectivity index (χ1) is 8.16. The van der Waals surface area contributed by atoms with Crippen molar-refractivity contribution in [3.63, 3.8) is 0 Å². The van der Waals surface area contributed by atoms with E-state index in [-0.39, 0.29) is 5.82 Å². The third kappa shape index (κ3) is 1.37. The van der Waals surface area contributed by atoms with Crippen LogP contribution in [-0.2, 0) is 0 Å². The second-order valence-corrected chi connectivity index (χ2v) is 3.84. The quantitative estimate of drug-likeness (QED) is 0.598. The first-order valence-electron chi connectivity index (χ1n) is 5.11. The van der Waals surface area contributed by atoms with Gasteiger partial charge in [0.15, 0.2) is 11.6 Å². The van der Waals surface area contributed by atoms with Crippen LogP contribution in [0.1, 0.15) is 5.82 Å². The standard InChI is InChI=1S/C11H10FN5/c1-5-14-4-8(15-5)6-2-3-7-10(9(6)12)16-17-11(7)13/h2-4H,1H3,(H,14,15)(H3,13,16,17). The Balaban J connectivity index is 2.28. The molecule has 17 heavy (non-hydrogen) atoms. The second kappa shape index (κ2) is 3.31. The number of nitrogens with two attached hydrogens (primary N) is 1. The van der Waals surface area contributed by atoms with Crippen molar-refractivity contribution < 1.29 is 4.39 Å². The molecule has 0 saturated heterocycles. The Bertz CT molecular complexity index is 697. The zero-order valence-corrected chi connectivity index (χ0v) is 9.08. The molecule has 0 fully saturated rings. The van der Waals surface area contributed by atoms with Gasteiger partial charge in [0.05, 0.1) is 11.9 Å². The summed E-state index contributed by atoms with van der Waals surface area (Å²) in [4.78, 5) is 7.03. The van der Waals surface area contributed by atoms with Gasteiger partial charge in [0.2, 0.25) is 0 Å². The molecule has 2 heterocycles. The Morgan fingerprint density at radius 2 is 2.18 bits per heavy atom. The van der Waals surface area contributed by atoms with E-state index in [2.05, 4.69) is 20.2 Å². The maximum atomic E-state index is 14.2. The molecule has 0 aliphatic heterocycles. The number of halogens is 1. The summed E-state index contributed by atoms with van der Waals surface area (Å²) in [6.45, 7) is 1.81. The molecule has 1 aromatic carbocycles. The fraction of sp³-hybridized carbons (Fsp3) is 0.0909. The topological polar surface area (TPSA) is 83.4 Å². The summed E-state index contributed by atoms with van der Waals surface area (Å²) in [5, 5.41) is 6.96. The first kappa shape index (κ1) is 9.83. The van der Waals surface area contributed by atoms with Crippen LogP contribution in [0.4, 0.5) is 10.2 Å². The number of imidazole rings is 1. The molecule has 4 N–H and O–H groups in total. The van der Waals surface area contributed by atoms with Crippen LogP contribution >= 0.6 is 0 Å². The van der Waals surface area contributed by atoms with Crippen molar-refractivity contribution in [2.45, 2.75) is 6.92 Å². The summed E-state index contributed by atoms with van der Waals surface area (Å²) < 4.78 is 14.2. The van der Waals surface area contributed by atoms with Crippen molar-refractivity contribution in [3.8, 4) is 11.3 Å². The minimum absolute atomic E-state index is 0.297. The van der Waals surface area contributed by atoms with E-state index < -0.39 is 0 Å². The molecule has 0 aliphatic rings. The van der Waals surface area contributed by atoms with E-state index in [1.165, 1.54) is 0 Å². The molecule has 0 spiro atoms. The average Bonchev–Trinajstić information content (AvgIpc) is 2.87. The fourth-order valence-electron chi connectivity index (χ4n) is 1.84. The number of aromatic amines is 2. The molecule has 6 heteroatoms. The number of H-pyrrole nitrogens is 2.